The lowest BCUT2D eigenvalue weighted by atomic mass is 10.1. The lowest BCUT2D eigenvalue weighted by Gasteiger charge is -2.09. The highest BCUT2D eigenvalue weighted by Gasteiger charge is 2.33. The molecule has 33 heavy (non-hydrogen) atoms. The van der Waals surface area contributed by atoms with Crippen molar-refractivity contribution in [2.24, 2.45) is 0 Å². The molecule has 5 rings (SSSR count). The number of anilines is 1. The van der Waals surface area contributed by atoms with E-state index in [1.54, 1.807) is 36.4 Å². The molecule has 0 saturated heterocycles. The molecule has 0 fully saturated rings. The standard InChI is InChI=1S/C25H17F3N4O/c26-25(27,28)23-15-21(30-31-23)16-5-9-19(10-6-16)29-24(33)18-7-11-20(12-8-18)32-14-13-17-3-1-2-4-22(17)32/h1-15H,(H,29,33)(H,30,31). The molecular formula is C25H17F3N4O. The molecule has 2 N–H and O–H groups in total. The number of alkyl halides is 3. The Morgan fingerprint density at radius 3 is 2.33 bits per heavy atom. The number of rotatable bonds is 4. The summed E-state index contributed by atoms with van der Waals surface area (Å²) in [4.78, 5) is 12.6. The van der Waals surface area contributed by atoms with Gasteiger partial charge in [-0.15, -0.1) is 0 Å². The second kappa shape index (κ2) is 7.98. The molecule has 0 spiro atoms. The number of para-hydroxylation sites is 1. The average Bonchev–Trinajstić information content (AvgIpc) is 3.48. The Kier molecular flexibility index (Phi) is 4.97. The van der Waals surface area contributed by atoms with Crippen molar-refractivity contribution in [1.82, 2.24) is 14.8 Å². The largest absolute Gasteiger partial charge is 0.432 e. The van der Waals surface area contributed by atoms with E-state index in [0.717, 1.165) is 22.7 Å². The number of aromatic nitrogens is 3. The Labute approximate surface area is 186 Å². The highest BCUT2D eigenvalue weighted by atomic mass is 19.4. The summed E-state index contributed by atoms with van der Waals surface area (Å²) < 4.78 is 40.3. The topological polar surface area (TPSA) is 62.7 Å². The highest BCUT2D eigenvalue weighted by molar-refractivity contribution is 6.04. The fourth-order valence-electron chi connectivity index (χ4n) is 3.62. The molecule has 0 unspecified atom stereocenters. The average molecular weight is 446 g/mol. The Hall–Kier alpha value is -4.33. The van der Waals surface area contributed by atoms with Gasteiger partial charge in [0.2, 0.25) is 0 Å². The zero-order chi connectivity index (χ0) is 23.0. The molecule has 0 atom stereocenters. The molecule has 0 saturated carbocycles. The van der Waals surface area contributed by atoms with E-state index in [0.29, 0.717) is 16.8 Å². The van der Waals surface area contributed by atoms with Crippen LogP contribution in [0.15, 0.2) is 91.1 Å². The van der Waals surface area contributed by atoms with Gasteiger partial charge < -0.3 is 9.88 Å². The Balaban J connectivity index is 1.29. The lowest BCUT2D eigenvalue weighted by Crippen LogP contribution is -2.11. The maximum Gasteiger partial charge on any atom is 0.432 e. The Bertz CT molecular complexity index is 1430. The van der Waals surface area contributed by atoms with E-state index in [1.165, 1.54) is 0 Å². The maximum atomic E-state index is 12.7. The number of nitrogens with one attached hydrogen (secondary N) is 2. The number of carbonyl (C=O) groups is 1. The van der Waals surface area contributed by atoms with Crippen LogP contribution in [0, 0.1) is 0 Å². The van der Waals surface area contributed by atoms with Gasteiger partial charge in [-0.2, -0.15) is 18.3 Å². The first-order valence-electron chi connectivity index (χ1n) is 10.1. The van der Waals surface area contributed by atoms with Gasteiger partial charge in [0.25, 0.3) is 5.91 Å². The van der Waals surface area contributed by atoms with Gasteiger partial charge in [0, 0.05) is 28.7 Å². The highest BCUT2D eigenvalue weighted by Crippen LogP contribution is 2.30. The van der Waals surface area contributed by atoms with Crippen molar-refractivity contribution in [3.05, 3.63) is 102 Å². The number of H-pyrrole nitrogens is 1. The molecule has 2 aromatic heterocycles. The van der Waals surface area contributed by atoms with Crippen LogP contribution in [-0.4, -0.2) is 20.7 Å². The molecule has 3 aromatic carbocycles. The van der Waals surface area contributed by atoms with Gasteiger partial charge in [-0.05, 0) is 60.0 Å². The van der Waals surface area contributed by atoms with Crippen molar-refractivity contribution in [2.45, 2.75) is 6.18 Å². The second-order valence-corrected chi connectivity index (χ2v) is 7.49. The third-order valence-electron chi connectivity index (χ3n) is 5.33. The molecule has 0 aliphatic rings. The molecule has 164 valence electrons. The fraction of sp³-hybridized carbons (Fsp3) is 0.0400. The summed E-state index contributed by atoms with van der Waals surface area (Å²) in [6.07, 6.45) is -2.50. The monoisotopic (exact) mass is 446 g/mol. The first-order chi connectivity index (χ1) is 15.9. The molecule has 0 aliphatic carbocycles. The summed E-state index contributed by atoms with van der Waals surface area (Å²) in [6, 6.07) is 24.7. The first kappa shape index (κ1) is 20.6. The van der Waals surface area contributed by atoms with Gasteiger partial charge >= 0.3 is 6.18 Å². The smallest absolute Gasteiger partial charge is 0.322 e. The van der Waals surface area contributed by atoms with Gasteiger partial charge in [-0.1, -0.05) is 30.3 Å². The van der Waals surface area contributed by atoms with Crippen LogP contribution in [0.25, 0.3) is 27.8 Å². The number of nitrogens with zero attached hydrogens (tertiary/aromatic N) is 2. The molecule has 8 heteroatoms. The number of amides is 1. The molecule has 1 amide bonds. The van der Waals surface area contributed by atoms with Crippen molar-refractivity contribution in [2.75, 3.05) is 5.32 Å². The zero-order valence-corrected chi connectivity index (χ0v) is 17.1. The molecule has 0 aliphatic heterocycles. The lowest BCUT2D eigenvalue weighted by molar-refractivity contribution is -0.141. The SMILES string of the molecule is O=C(Nc1ccc(-c2cc(C(F)(F)F)[nH]n2)cc1)c1ccc(-n2ccc3ccccc32)cc1. The summed E-state index contributed by atoms with van der Waals surface area (Å²) in [5.41, 5.74) is 2.79. The Morgan fingerprint density at radius 1 is 0.909 bits per heavy atom. The second-order valence-electron chi connectivity index (χ2n) is 7.49. The third kappa shape index (κ3) is 4.10. The predicted octanol–water partition coefficient (Wildman–Crippen LogP) is 6.29. The summed E-state index contributed by atoms with van der Waals surface area (Å²) in [5.74, 6) is -0.286. The molecule has 0 bridgehead atoms. The van der Waals surface area contributed by atoms with Crippen LogP contribution in [0.5, 0.6) is 0 Å². The number of hydrogen-bond donors (Lipinski definition) is 2. The number of benzene rings is 3. The first-order valence-corrected chi connectivity index (χ1v) is 10.1. The van der Waals surface area contributed by atoms with E-state index in [4.69, 9.17) is 0 Å². The zero-order valence-electron chi connectivity index (χ0n) is 17.1. The van der Waals surface area contributed by atoms with E-state index in [1.807, 2.05) is 53.8 Å². The maximum absolute atomic E-state index is 12.7. The van der Waals surface area contributed by atoms with Crippen molar-refractivity contribution in [1.29, 1.82) is 0 Å². The summed E-state index contributed by atoms with van der Waals surface area (Å²) in [6.45, 7) is 0. The van der Waals surface area contributed by atoms with Crippen LogP contribution in [0.2, 0.25) is 0 Å². The van der Waals surface area contributed by atoms with Crippen molar-refractivity contribution < 1.29 is 18.0 Å². The minimum Gasteiger partial charge on any atom is -0.322 e. The van der Waals surface area contributed by atoms with Crippen molar-refractivity contribution >= 4 is 22.5 Å². The number of halogens is 3. The van der Waals surface area contributed by atoms with Gasteiger partial charge in [-0.3, -0.25) is 9.89 Å². The number of aromatic amines is 1. The van der Waals surface area contributed by atoms with Crippen LogP contribution in [0.1, 0.15) is 16.1 Å². The minimum absolute atomic E-state index is 0.174. The van der Waals surface area contributed by atoms with Crippen LogP contribution < -0.4 is 5.32 Å². The molecule has 0 radical (unpaired) electrons. The van der Waals surface area contributed by atoms with E-state index < -0.39 is 11.9 Å². The minimum atomic E-state index is -4.48. The van der Waals surface area contributed by atoms with E-state index >= 15 is 0 Å². The number of fused-ring (bicyclic) bond motifs is 1. The normalized spacial score (nSPS) is 11.6. The van der Waals surface area contributed by atoms with Crippen LogP contribution in [-0.2, 0) is 6.18 Å². The molecule has 2 heterocycles. The Morgan fingerprint density at radius 2 is 1.64 bits per heavy atom. The van der Waals surface area contributed by atoms with E-state index in [-0.39, 0.29) is 11.6 Å². The predicted molar refractivity (Wildman–Crippen MR) is 120 cm³/mol. The van der Waals surface area contributed by atoms with Crippen molar-refractivity contribution in [3.8, 4) is 16.9 Å². The van der Waals surface area contributed by atoms with Crippen LogP contribution in [0.4, 0.5) is 18.9 Å². The van der Waals surface area contributed by atoms with E-state index in [9.17, 15) is 18.0 Å². The van der Waals surface area contributed by atoms with Crippen molar-refractivity contribution in [3.63, 3.8) is 0 Å². The number of hydrogen-bond acceptors (Lipinski definition) is 2. The molecular weight excluding hydrogens is 429 g/mol. The molecule has 5 nitrogen and oxygen atoms in total. The van der Waals surface area contributed by atoms with Gasteiger partial charge in [0.1, 0.15) is 5.69 Å². The van der Waals surface area contributed by atoms with Gasteiger partial charge in [0.05, 0.1) is 11.2 Å². The molecule has 5 aromatic rings. The summed E-state index contributed by atoms with van der Waals surface area (Å²) in [5, 5.41) is 9.62. The summed E-state index contributed by atoms with van der Waals surface area (Å²) >= 11 is 0. The quantitative estimate of drug-likeness (QED) is 0.341. The van der Waals surface area contributed by atoms with Crippen LogP contribution >= 0.6 is 0 Å². The third-order valence-corrected chi connectivity index (χ3v) is 5.33. The van der Waals surface area contributed by atoms with Crippen LogP contribution in [0.3, 0.4) is 0 Å². The fourth-order valence-corrected chi connectivity index (χ4v) is 3.62. The summed E-state index contributed by atoms with van der Waals surface area (Å²) in [7, 11) is 0. The van der Waals surface area contributed by atoms with E-state index in [2.05, 4.69) is 15.0 Å². The number of carbonyl (C=O) groups excluding carboxylic acids is 1. The van der Waals surface area contributed by atoms with Gasteiger partial charge in [0.15, 0.2) is 0 Å². The van der Waals surface area contributed by atoms with Gasteiger partial charge in [-0.25, -0.2) is 0 Å².